The molecular weight excluding hydrogens is 294 g/mol. The molecule has 1 heterocycles. The minimum atomic E-state index is -0.00754. The van der Waals surface area contributed by atoms with Crippen molar-refractivity contribution < 1.29 is 4.74 Å². The Kier molecular flexibility index (Phi) is 11.1. The first kappa shape index (κ1) is 20.6. The largest absolute Gasteiger partial charge is 0.478 e. The Bertz CT molecular complexity index is 482. The second-order valence-electron chi connectivity index (χ2n) is 7.29. The van der Waals surface area contributed by atoms with Crippen LogP contribution in [0.2, 0.25) is 0 Å². The molecule has 0 aromatic carbocycles. The van der Waals surface area contributed by atoms with Gasteiger partial charge in [0.05, 0.1) is 5.54 Å². The van der Waals surface area contributed by atoms with Crippen LogP contribution >= 0.6 is 0 Å². The highest BCUT2D eigenvalue weighted by Gasteiger charge is 2.25. The number of hydrogen-bond acceptors (Lipinski definition) is 2. The van der Waals surface area contributed by atoms with E-state index in [1.54, 1.807) is 0 Å². The van der Waals surface area contributed by atoms with Crippen LogP contribution in [0.4, 0.5) is 0 Å². The van der Waals surface area contributed by atoms with Crippen LogP contribution in [-0.4, -0.2) is 18.0 Å². The van der Waals surface area contributed by atoms with Crippen molar-refractivity contribution in [2.45, 2.75) is 103 Å². The average Bonchev–Trinajstić information content (AvgIpc) is 2.90. The maximum atomic E-state index is 5.61. The Balaban J connectivity index is 1.89. The molecule has 0 radical (unpaired) electrons. The predicted octanol–water partition coefficient (Wildman–Crippen LogP) is 5.90. The van der Waals surface area contributed by atoms with Gasteiger partial charge in [-0.1, -0.05) is 57.3 Å². The average molecular weight is 330 g/mol. The monoisotopic (exact) mass is 329 g/mol. The van der Waals surface area contributed by atoms with Crippen molar-refractivity contribution in [1.29, 1.82) is 0 Å². The molecule has 0 unspecified atom stereocenters. The Morgan fingerprint density at radius 1 is 0.875 bits per heavy atom. The molecule has 1 rings (SSSR count). The van der Waals surface area contributed by atoms with Gasteiger partial charge in [-0.15, -0.1) is 0 Å². The van der Waals surface area contributed by atoms with Gasteiger partial charge in [-0.3, -0.25) is 0 Å². The smallest absolute Gasteiger partial charge is 0.183 e. The Labute approximate surface area is 149 Å². The van der Waals surface area contributed by atoms with E-state index in [9.17, 15) is 0 Å². The van der Waals surface area contributed by atoms with Crippen molar-refractivity contribution in [2.24, 2.45) is 4.99 Å². The summed E-state index contributed by atoms with van der Waals surface area (Å²) in [6.07, 6.45) is 14.3. The number of aliphatic imine (C=N–C) groups is 1. The molecular formula is C22H35NO. The molecule has 2 nitrogen and oxygen atoms in total. The van der Waals surface area contributed by atoms with E-state index in [2.05, 4.69) is 49.4 Å². The second-order valence-corrected chi connectivity index (χ2v) is 7.29. The van der Waals surface area contributed by atoms with Crippen molar-refractivity contribution in [3.63, 3.8) is 0 Å². The summed E-state index contributed by atoms with van der Waals surface area (Å²) in [5.41, 5.74) is -0.00754. The highest BCUT2D eigenvalue weighted by molar-refractivity contribution is 5.78. The summed E-state index contributed by atoms with van der Waals surface area (Å²) in [7, 11) is 0. The minimum absolute atomic E-state index is 0.00754. The molecule has 0 aromatic heterocycles. The molecule has 1 aliphatic heterocycles. The van der Waals surface area contributed by atoms with E-state index in [0.717, 1.165) is 31.8 Å². The Morgan fingerprint density at radius 3 is 2.04 bits per heavy atom. The zero-order valence-corrected chi connectivity index (χ0v) is 16.0. The van der Waals surface area contributed by atoms with Gasteiger partial charge in [0.15, 0.2) is 5.90 Å². The van der Waals surface area contributed by atoms with Gasteiger partial charge in [0.25, 0.3) is 0 Å². The third kappa shape index (κ3) is 11.2. The SMILES string of the molecule is CCCCCCC#CC#CCCCCCCCC1=NC(C)(C)CO1. The third-order valence-electron chi connectivity index (χ3n) is 4.11. The lowest BCUT2D eigenvalue weighted by atomic mass is 10.1. The summed E-state index contributed by atoms with van der Waals surface area (Å²) in [5.74, 6) is 13.2. The highest BCUT2D eigenvalue weighted by Crippen LogP contribution is 2.19. The topological polar surface area (TPSA) is 21.6 Å². The molecule has 0 saturated heterocycles. The summed E-state index contributed by atoms with van der Waals surface area (Å²) in [6, 6.07) is 0. The van der Waals surface area contributed by atoms with Gasteiger partial charge in [0.1, 0.15) is 6.61 Å². The van der Waals surface area contributed by atoms with E-state index in [-0.39, 0.29) is 5.54 Å². The molecule has 0 spiro atoms. The Hall–Kier alpha value is -1.41. The molecule has 0 aromatic rings. The standard InChI is InChI=1S/C22H35NO/c1-4-5-6-7-8-9-10-11-12-13-14-15-16-17-18-19-21-23-22(2,3)20-24-21/h4-8,13-20H2,1-3H3. The van der Waals surface area contributed by atoms with Gasteiger partial charge in [0, 0.05) is 19.3 Å². The van der Waals surface area contributed by atoms with E-state index < -0.39 is 0 Å². The van der Waals surface area contributed by atoms with Crippen LogP contribution in [0.5, 0.6) is 0 Å². The summed E-state index contributed by atoms with van der Waals surface area (Å²) in [5, 5.41) is 0. The van der Waals surface area contributed by atoms with Crippen LogP contribution in [0.3, 0.4) is 0 Å². The first-order valence-electron chi connectivity index (χ1n) is 9.81. The van der Waals surface area contributed by atoms with Gasteiger partial charge in [-0.05, 0) is 45.0 Å². The number of hydrogen-bond donors (Lipinski definition) is 0. The van der Waals surface area contributed by atoms with Gasteiger partial charge in [-0.2, -0.15) is 0 Å². The lowest BCUT2D eigenvalue weighted by Crippen LogP contribution is -2.17. The highest BCUT2D eigenvalue weighted by atomic mass is 16.5. The van der Waals surface area contributed by atoms with Crippen LogP contribution in [0.25, 0.3) is 0 Å². The molecule has 0 bridgehead atoms. The van der Waals surface area contributed by atoms with Crippen molar-refractivity contribution in [3.05, 3.63) is 0 Å². The lowest BCUT2D eigenvalue weighted by molar-refractivity contribution is 0.273. The van der Waals surface area contributed by atoms with E-state index in [0.29, 0.717) is 0 Å². The summed E-state index contributed by atoms with van der Waals surface area (Å²) in [4.78, 5) is 4.59. The first-order chi connectivity index (χ1) is 11.6. The quantitative estimate of drug-likeness (QED) is 0.341. The van der Waals surface area contributed by atoms with Crippen LogP contribution in [0.15, 0.2) is 4.99 Å². The van der Waals surface area contributed by atoms with Gasteiger partial charge < -0.3 is 4.74 Å². The van der Waals surface area contributed by atoms with Crippen LogP contribution in [-0.2, 0) is 4.74 Å². The van der Waals surface area contributed by atoms with E-state index in [1.807, 2.05) is 0 Å². The molecule has 0 N–H and O–H groups in total. The second kappa shape index (κ2) is 12.9. The number of rotatable bonds is 11. The number of nitrogens with zero attached hydrogens (tertiary/aromatic N) is 1. The van der Waals surface area contributed by atoms with Crippen molar-refractivity contribution >= 4 is 5.90 Å². The summed E-state index contributed by atoms with van der Waals surface area (Å²) >= 11 is 0. The van der Waals surface area contributed by atoms with Crippen LogP contribution in [0.1, 0.15) is 97.8 Å². The molecule has 1 aliphatic rings. The number of unbranched alkanes of at least 4 members (excludes halogenated alkanes) is 9. The number of ether oxygens (including phenoxy) is 1. The maximum Gasteiger partial charge on any atom is 0.183 e. The summed E-state index contributed by atoms with van der Waals surface area (Å²) in [6.45, 7) is 7.22. The molecule has 24 heavy (non-hydrogen) atoms. The molecule has 0 aliphatic carbocycles. The van der Waals surface area contributed by atoms with Crippen LogP contribution in [0, 0.1) is 23.7 Å². The molecule has 0 atom stereocenters. The third-order valence-corrected chi connectivity index (χ3v) is 4.11. The van der Waals surface area contributed by atoms with E-state index >= 15 is 0 Å². The van der Waals surface area contributed by atoms with Crippen molar-refractivity contribution in [3.8, 4) is 23.7 Å². The Morgan fingerprint density at radius 2 is 1.46 bits per heavy atom. The fourth-order valence-corrected chi connectivity index (χ4v) is 2.66. The fourth-order valence-electron chi connectivity index (χ4n) is 2.66. The maximum absolute atomic E-state index is 5.61. The molecule has 134 valence electrons. The van der Waals surface area contributed by atoms with Crippen molar-refractivity contribution in [1.82, 2.24) is 0 Å². The minimum Gasteiger partial charge on any atom is -0.478 e. The molecule has 0 fully saturated rings. The zero-order chi connectivity index (χ0) is 17.5. The predicted molar refractivity (Wildman–Crippen MR) is 104 cm³/mol. The molecule has 0 saturated carbocycles. The fraction of sp³-hybridized carbons (Fsp3) is 0.773. The van der Waals surface area contributed by atoms with Gasteiger partial charge in [0.2, 0.25) is 0 Å². The first-order valence-corrected chi connectivity index (χ1v) is 9.81. The van der Waals surface area contributed by atoms with E-state index in [1.165, 1.54) is 57.8 Å². The lowest BCUT2D eigenvalue weighted by Gasteiger charge is -2.07. The van der Waals surface area contributed by atoms with Gasteiger partial charge >= 0.3 is 0 Å². The van der Waals surface area contributed by atoms with E-state index in [4.69, 9.17) is 4.74 Å². The van der Waals surface area contributed by atoms with Gasteiger partial charge in [-0.25, -0.2) is 4.99 Å². The summed E-state index contributed by atoms with van der Waals surface area (Å²) < 4.78 is 5.61. The molecule has 2 heteroatoms. The molecule has 0 amide bonds. The van der Waals surface area contributed by atoms with Crippen LogP contribution < -0.4 is 0 Å². The normalized spacial score (nSPS) is 14.9. The van der Waals surface area contributed by atoms with Crippen molar-refractivity contribution in [2.75, 3.05) is 6.61 Å². The zero-order valence-electron chi connectivity index (χ0n) is 16.0.